The predicted molar refractivity (Wildman–Crippen MR) is 196 cm³/mol. The van der Waals surface area contributed by atoms with Gasteiger partial charge in [-0.25, -0.2) is 4.57 Å². The van der Waals surface area contributed by atoms with E-state index in [-0.39, 0.29) is 32.1 Å². The zero-order valence-electron chi connectivity index (χ0n) is 29.9. The molecule has 0 rings (SSSR count). The number of rotatable bonds is 33. The average Bonchev–Trinajstić information content (AvgIpc) is 3.07. The van der Waals surface area contributed by atoms with Gasteiger partial charge >= 0.3 is 13.8 Å². The lowest BCUT2D eigenvalue weighted by molar-refractivity contribution is -0.147. The van der Waals surface area contributed by atoms with Gasteiger partial charge in [0.15, 0.2) is 0 Å². The monoisotopic (exact) mass is 695 g/mol. The molecule has 0 aromatic carbocycles. The van der Waals surface area contributed by atoms with Crippen LogP contribution in [-0.2, 0) is 27.9 Å². The van der Waals surface area contributed by atoms with Crippen molar-refractivity contribution in [2.75, 3.05) is 26.4 Å². The first-order valence-electron chi connectivity index (χ1n) is 18.3. The van der Waals surface area contributed by atoms with Crippen molar-refractivity contribution in [3.8, 4) is 0 Å². The number of aliphatic hydroxyl groups excluding tert-OH is 1. The van der Waals surface area contributed by atoms with Crippen molar-refractivity contribution in [3.05, 3.63) is 60.8 Å². The van der Waals surface area contributed by atoms with Crippen LogP contribution in [0.5, 0.6) is 0 Å². The van der Waals surface area contributed by atoms with Crippen LogP contribution in [0.25, 0.3) is 0 Å². The molecule has 0 aromatic heterocycles. The molecule has 0 fully saturated rings. The topological polar surface area (TPSA) is 131 Å². The van der Waals surface area contributed by atoms with Gasteiger partial charge in [0, 0.05) is 19.4 Å². The summed E-state index contributed by atoms with van der Waals surface area (Å²) in [6, 6.07) is 0. The third-order valence-corrected chi connectivity index (χ3v) is 8.20. The van der Waals surface area contributed by atoms with Gasteiger partial charge < -0.3 is 20.1 Å². The number of aliphatic hydroxyl groups is 1. The maximum absolute atomic E-state index is 12.0. The minimum atomic E-state index is -4.41. The second kappa shape index (κ2) is 34.6. The largest absolute Gasteiger partial charge is 0.472 e. The summed E-state index contributed by atoms with van der Waals surface area (Å²) in [5, 5.41) is 12.5. The van der Waals surface area contributed by atoms with Gasteiger partial charge in [0.1, 0.15) is 12.7 Å². The van der Waals surface area contributed by atoms with E-state index in [0.29, 0.717) is 6.42 Å². The Morgan fingerprint density at radius 1 is 0.667 bits per heavy atom. The molecule has 3 N–H and O–H groups in total. The van der Waals surface area contributed by atoms with Crippen molar-refractivity contribution in [2.45, 2.75) is 142 Å². The molecule has 0 radical (unpaired) electrons. The molecule has 9 nitrogen and oxygen atoms in total. The number of carbonyl (C=O) groups is 2. The smallest absolute Gasteiger partial charge is 0.463 e. The van der Waals surface area contributed by atoms with Crippen LogP contribution in [0.15, 0.2) is 60.8 Å². The molecule has 0 aliphatic rings. The highest BCUT2D eigenvalue weighted by molar-refractivity contribution is 7.47. The van der Waals surface area contributed by atoms with Gasteiger partial charge in [0.25, 0.3) is 0 Å². The molecule has 0 aliphatic heterocycles. The van der Waals surface area contributed by atoms with Gasteiger partial charge in [-0.05, 0) is 57.8 Å². The van der Waals surface area contributed by atoms with E-state index in [1.807, 2.05) is 0 Å². The van der Waals surface area contributed by atoms with Gasteiger partial charge in [-0.15, -0.1) is 0 Å². The Morgan fingerprint density at radius 3 is 1.79 bits per heavy atom. The minimum absolute atomic E-state index is 0.0681. The van der Waals surface area contributed by atoms with E-state index >= 15 is 0 Å². The molecule has 0 saturated heterocycles. The highest BCUT2D eigenvalue weighted by Gasteiger charge is 2.23. The minimum Gasteiger partial charge on any atom is -0.463 e. The fourth-order valence-electron chi connectivity index (χ4n) is 4.46. The normalized spacial score (nSPS) is 14.2. The third kappa shape index (κ3) is 35.0. The molecular weight excluding hydrogens is 629 g/mol. The summed E-state index contributed by atoms with van der Waals surface area (Å²) in [6.45, 7) is 3.31. The molecule has 0 aliphatic carbocycles. The molecule has 48 heavy (non-hydrogen) atoms. The Kier molecular flexibility index (Phi) is 32.9. The Labute approximate surface area is 291 Å². The lowest BCUT2D eigenvalue weighted by Gasteiger charge is -2.15. The summed E-state index contributed by atoms with van der Waals surface area (Å²) in [4.78, 5) is 33.5. The van der Waals surface area contributed by atoms with Crippen LogP contribution in [0.2, 0.25) is 0 Å². The molecule has 0 aromatic rings. The van der Waals surface area contributed by atoms with Crippen molar-refractivity contribution in [2.24, 2.45) is 0 Å². The van der Waals surface area contributed by atoms with Crippen molar-refractivity contribution >= 4 is 19.7 Å². The lowest BCUT2D eigenvalue weighted by Crippen LogP contribution is -2.27. The second-order valence-corrected chi connectivity index (χ2v) is 13.3. The Balaban J connectivity index is 3.66. The Hall–Kier alpha value is -2.29. The number of hydrogen-bond acceptors (Lipinski definition) is 7. The summed E-state index contributed by atoms with van der Waals surface area (Å²) in [5.41, 5.74) is 0. The van der Waals surface area contributed by atoms with Crippen LogP contribution < -0.4 is 5.32 Å². The number of carbonyl (C=O) groups excluding carboxylic acids is 2. The third-order valence-electron chi connectivity index (χ3n) is 7.21. The van der Waals surface area contributed by atoms with Gasteiger partial charge in [0.2, 0.25) is 5.91 Å². The van der Waals surface area contributed by atoms with E-state index in [1.54, 1.807) is 0 Å². The van der Waals surface area contributed by atoms with Crippen LogP contribution in [-0.4, -0.2) is 54.3 Å². The summed E-state index contributed by atoms with van der Waals surface area (Å²) >= 11 is 0. The van der Waals surface area contributed by atoms with Crippen molar-refractivity contribution in [3.63, 3.8) is 0 Å². The molecule has 0 saturated carbocycles. The van der Waals surface area contributed by atoms with Crippen molar-refractivity contribution in [1.29, 1.82) is 0 Å². The summed E-state index contributed by atoms with van der Waals surface area (Å²) in [7, 11) is -4.41. The number of hydrogen-bond donors (Lipinski definition) is 3. The van der Waals surface area contributed by atoms with E-state index in [4.69, 9.17) is 13.8 Å². The Bertz CT molecular complexity index is 976. The van der Waals surface area contributed by atoms with Crippen molar-refractivity contribution < 1.29 is 37.9 Å². The first-order valence-corrected chi connectivity index (χ1v) is 19.8. The number of unbranched alkanes of at least 4 members (excludes halogenated alkanes) is 10. The predicted octanol–water partition coefficient (Wildman–Crippen LogP) is 9.37. The number of phosphoric acid groups is 1. The maximum Gasteiger partial charge on any atom is 0.472 e. The average molecular weight is 696 g/mol. The van der Waals surface area contributed by atoms with Gasteiger partial charge in [-0.1, -0.05) is 126 Å². The van der Waals surface area contributed by atoms with Gasteiger partial charge in [0.05, 0.1) is 13.2 Å². The number of ether oxygens (including phenoxy) is 1. The molecule has 1 amide bonds. The van der Waals surface area contributed by atoms with Gasteiger partial charge in [-0.2, -0.15) is 0 Å². The number of allylic oxidation sites excluding steroid dienone is 10. The summed E-state index contributed by atoms with van der Waals surface area (Å²) < 4.78 is 26.6. The van der Waals surface area contributed by atoms with Crippen molar-refractivity contribution in [1.82, 2.24) is 5.32 Å². The Morgan fingerprint density at radius 2 is 1.19 bits per heavy atom. The van der Waals surface area contributed by atoms with E-state index in [1.165, 1.54) is 12.8 Å². The number of amides is 1. The molecular formula is C38H66NO8P. The zero-order valence-corrected chi connectivity index (χ0v) is 30.8. The fraction of sp³-hybridized carbons (Fsp3) is 0.684. The molecule has 0 spiro atoms. The summed E-state index contributed by atoms with van der Waals surface area (Å²) in [6.07, 6.45) is 39.0. The molecule has 0 heterocycles. The molecule has 276 valence electrons. The molecule has 10 heteroatoms. The maximum atomic E-state index is 12.0. The zero-order chi connectivity index (χ0) is 35.4. The highest BCUT2D eigenvalue weighted by Crippen LogP contribution is 2.42. The SMILES string of the molecule is CC/C=C\C/C=C\C/C=C\C/C=C\C/C=C\CCCCCCCC(=O)NCCOP(=O)(O)OCC(O)COC(=O)CCCCCCCC. The first kappa shape index (κ1) is 45.7. The van der Waals surface area contributed by atoms with E-state index < -0.39 is 26.5 Å². The lowest BCUT2D eigenvalue weighted by atomic mass is 10.1. The van der Waals surface area contributed by atoms with E-state index in [2.05, 4.69) is 79.9 Å². The standard InChI is InChI=1S/C38H66NO8P/c1-3-5-7-9-11-12-13-14-15-16-17-18-19-20-21-22-23-24-25-26-28-30-37(41)39-32-33-46-48(43,44)47-35-36(40)34-45-38(42)31-29-27-10-8-6-4-2/h5,7,11-12,14-15,17-18,20-21,36,40H,3-4,6,8-10,13,16,19,22-35H2,1-2H3,(H,39,41)(H,43,44)/b7-5-,12-11-,15-14-,18-17-,21-20-. The van der Waals surface area contributed by atoms with Crippen LogP contribution in [0, 0.1) is 0 Å². The van der Waals surface area contributed by atoms with Crippen LogP contribution >= 0.6 is 7.82 Å². The van der Waals surface area contributed by atoms with Gasteiger partial charge in [-0.3, -0.25) is 18.6 Å². The summed E-state index contributed by atoms with van der Waals surface area (Å²) in [5.74, 6) is -0.551. The number of phosphoric ester groups is 1. The van der Waals surface area contributed by atoms with E-state index in [0.717, 1.165) is 96.3 Å². The van der Waals surface area contributed by atoms with Crippen LogP contribution in [0.4, 0.5) is 0 Å². The highest BCUT2D eigenvalue weighted by atomic mass is 31.2. The first-order chi connectivity index (χ1) is 23.3. The molecule has 2 atom stereocenters. The van der Waals surface area contributed by atoms with Crippen LogP contribution in [0.1, 0.15) is 136 Å². The molecule has 2 unspecified atom stereocenters. The number of nitrogens with one attached hydrogen (secondary N) is 1. The number of esters is 1. The second-order valence-electron chi connectivity index (χ2n) is 11.8. The quantitative estimate of drug-likeness (QED) is 0.0268. The fourth-order valence-corrected chi connectivity index (χ4v) is 5.22. The molecule has 0 bridgehead atoms. The van der Waals surface area contributed by atoms with Crippen LogP contribution in [0.3, 0.4) is 0 Å². The van der Waals surface area contributed by atoms with E-state index in [9.17, 15) is 24.2 Å².